The molecule has 0 N–H and O–H groups in total. The van der Waals surface area contributed by atoms with Gasteiger partial charge in [-0.1, -0.05) is 234 Å². The largest absolute Gasteiger partial charge is 0.0654 e. The highest BCUT2D eigenvalue weighted by molar-refractivity contribution is 4.62. The zero-order valence-corrected chi connectivity index (χ0v) is 29.4. The molecule has 0 aliphatic rings. The van der Waals surface area contributed by atoms with Crippen LogP contribution in [0.3, 0.4) is 0 Å². The summed E-state index contributed by atoms with van der Waals surface area (Å²) >= 11 is 0. The fourth-order valence-electron chi connectivity index (χ4n) is 6.74. The minimum Gasteiger partial charge on any atom is -0.0654 e. The van der Waals surface area contributed by atoms with E-state index in [1.165, 1.54) is 205 Å². The van der Waals surface area contributed by atoms with Gasteiger partial charge in [0.2, 0.25) is 0 Å². The topological polar surface area (TPSA) is 0 Å². The molecule has 0 rings (SSSR count). The Kier molecular flexibility index (Phi) is 33.5. The quantitative estimate of drug-likeness (QED) is 0.0684. The molecule has 0 fully saturated rings. The fourth-order valence-corrected chi connectivity index (χ4v) is 6.74. The standard InChI is InChI=1S/C40H82/c1-6-8-9-10-11-12-13-14-15-16-17-18-19-20-21-22-23-25-29-32-35-39(4)37-40(5)36-33-30-27-24-26-28-31-34-38(3)7-2/h38-40H,6-37H2,1-5H3. The van der Waals surface area contributed by atoms with Crippen LogP contribution in [-0.4, -0.2) is 0 Å². The molecule has 0 aliphatic carbocycles. The predicted octanol–water partition coefficient (Wildman–Crippen LogP) is 15.4. The van der Waals surface area contributed by atoms with Crippen molar-refractivity contribution in [1.82, 2.24) is 0 Å². The molecule has 0 saturated carbocycles. The van der Waals surface area contributed by atoms with Crippen LogP contribution >= 0.6 is 0 Å². The molecule has 40 heavy (non-hydrogen) atoms. The lowest BCUT2D eigenvalue weighted by atomic mass is 9.89. The van der Waals surface area contributed by atoms with Gasteiger partial charge in [0.1, 0.15) is 0 Å². The summed E-state index contributed by atoms with van der Waals surface area (Å²) in [5.41, 5.74) is 0. The second kappa shape index (κ2) is 33.5. The fraction of sp³-hybridized carbons (Fsp3) is 1.00. The molecule has 0 spiro atoms. The first-order valence-electron chi connectivity index (χ1n) is 19.6. The van der Waals surface area contributed by atoms with Gasteiger partial charge in [-0.2, -0.15) is 0 Å². The van der Waals surface area contributed by atoms with Gasteiger partial charge in [-0.25, -0.2) is 0 Å². The van der Waals surface area contributed by atoms with Gasteiger partial charge >= 0.3 is 0 Å². The van der Waals surface area contributed by atoms with E-state index >= 15 is 0 Å². The molecule has 242 valence electrons. The lowest BCUT2D eigenvalue weighted by Crippen LogP contribution is -2.03. The third-order valence-corrected chi connectivity index (χ3v) is 9.95. The Hall–Kier alpha value is 0. The van der Waals surface area contributed by atoms with E-state index in [4.69, 9.17) is 0 Å². The van der Waals surface area contributed by atoms with Crippen LogP contribution in [0, 0.1) is 17.8 Å². The summed E-state index contributed by atoms with van der Waals surface area (Å²) in [6, 6.07) is 0. The molecule has 0 amide bonds. The second-order valence-electron chi connectivity index (χ2n) is 14.5. The molecular formula is C40H82. The Morgan fingerprint density at radius 1 is 0.275 bits per heavy atom. The number of hydrogen-bond donors (Lipinski definition) is 0. The van der Waals surface area contributed by atoms with Gasteiger partial charge in [-0.3, -0.25) is 0 Å². The lowest BCUT2D eigenvalue weighted by molar-refractivity contribution is 0.356. The minimum atomic E-state index is 0.940. The van der Waals surface area contributed by atoms with Gasteiger partial charge in [-0.05, 0) is 24.2 Å². The zero-order valence-electron chi connectivity index (χ0n) is 29.4. The van der Waals surface area contributed by atoms with Gasteiger partial charge < -0.3 is 0 Å². The van der Waals surface area contributed by atoms with Gasteiger partial charge in [0, 0.05) is 0 Å². The van der Waals surface area contributed by atoms with Crippen LogP contribution in [0.25, 0.3) is 0 Å². The number of unbranched alkanes of at least 4 members (excludes halogenated alkanes) is 25. The van der Waals surface area contributed by atoms with Gasteiger partial charge in [0.25, 0.3) is 0 Å². The Morgan fingerprint density at radius 3 is 0.750 bits per heavy atom. The molecule has 0 saturated heterocycles. The molecule has 0 bridgehead atoms. The molecule has 0 radical (unpaired) electrons. The molecular weight excluding hydrogens is 480 g/mol. The van der Waals surface area contributed by atoms with E-state index < -0.39 is 0 Å². The van der Waals surface area contributed by atoms with E-state index in [0.717, 1.165) is 17.8 Å². The molecule has 0 aromatic heterocycles. The van der Waals surface area contributed by atoms with Crippen molar-refractivity contribution in [2.24, 2.45) is 17.8 Å². The van der Waals surface area contributed by atoms with Crippen LogP contribution in [-0.2, 0) is 0 Å². The van der Waals surface area contributed by atoms with Crippen molar-refractivity contribution in [2.45, 2.75) is 240 Å². The molecule has 0 aromatic carbocycles. The smallest absolute Gasteiger partial charge is 0.0440 e. The highest BCUT2D eigenvalue weighted by atomic mass is 14.1. The first-order valence-corrected chi connectivity index (χ1v) is 19.6. The van der Waals surface area contributed by atoms with Crippen molar-refractivity contribution in [3.8, 4) is 0 Å². The SMILES string of the molecule is CCCCCCCCCCCCCCCCCCCCCCC(C)CC(C)CCCCCCCCCC(C)CC. The maximum atomic E-state index is 2.52. The summed E-state index contributed by atoms with van der Waals surface area (Å²) in [4.78, 5) is 0. The normalized spacial score (nSPS) is 14.0. The van der Waals surface area contributed by atoms with Crippen LogP contribution in [0.1, 0.15) is 240 Å². The molecule has 3 unspecified atom stereocenters. The van der Waals surface area contributed by atoms with Gasteiger partial charge in [0.05, 0.1) is 0 Å². The summed E-state index contributed by atoms with van der Waals surface area (Å²) in [5.74, 6) is 2.82. The zero-order chi connectivity index (χ0) is 29.4. The third kappa shape index (κ3) is 32.5. The van der Waals surface area contributed by atoms with Crippen LogP contribution in [0.15, 0.2) is 0 Å². The number of hydrogen-bond acceptors (Lipinski definition) is 0. The minimum absolute atomic E-state index is 0.940. The van der Waals surface area contributed by atoms with Gasteiger partial charge in [-0.15, -0.1) is 0 Å². The third-order valence-electron chi connectivity index (χ3n) is 9.95. The Bertz CT molecular complexity index is 439. The van der Waals surface area contributed by atoms with E-state index in [1.54, 1.807) is 0 Å². The lowest BCUT2D eigenvalue weighted by Gasteiger charge is -2.17. The summed E-state index contributed by atoms with van der Waals surface area (Å²) < 4.78 is 0. The van der Waals surface area contributed by atoms with Crippen molar-refractivity contribution in [3.63, 3.8) is 0 Å². The van der Waals surface area contributed by atoms with E-state index in [0.29, 0.717) is 0 Å². The second-order valence-corrected chi connectivity index (χ2v) is 14.5. The van der Waals surface area contributed by atoms with Crippen LogP contribution < -0.4 is 0 Å². The average Bonchev–Trinajstić information content (AvgIpc) is 2.95. The van der Waals surface area contributed by atoms with Crippen molar-refractivity contribution in [1.29, 1.82) is 0 Å². The molecule has 0 aromatic rings. The summed E-state index contributed by atoms with van der Waals surface area (Å²) in [7, 11) is 0. The highest BCUT2D eigenvalue weighted by Crippen LogP contribution is 2.23. The summed E-state index contributed by atoms with van der Waals surface area (Å²) in [5, 5.41) is 0. The first kappa shape index (κ1) is 40.0. The van der Waals surface area contributed by atoms with E-state index in [-0.39, 0.29) is 0 Å². The van der Waals surface area contributed by atoms with Crippen molar-refractivity contribution in [2.75, 3.05) is 0 Å². The summed E-state index contributed by atoms with van der Waals surface area (Å²) in [6.07, 6.45) is 47.1. The molecule has 0 aliphatic heterocycles. The Balaban J connectivity index is 3.26. The number of rotatable bonds is 34. The Labute approximate surface area is 257 Å². The molecule has 0 nitrogen and oxygen atoms in total. The molecule has 0 heteroatoms. The maximum absolute atomic E-state index is 2.52. The van der Waals surface area contributed by atoms with Crippen LogP contribution in [0.5, 0.6) is 0 Å². The van der Waals surface area contributed by atoms with E-state index in [2.05, 4.69) is 34.6 Å². The molecule has 3 atom stereocenters. The van der Waals surface area contributed by atoms with Crippen LogP contribution in [0.2, 0.25) is 0 Å². The van der Waals surface area contributed by atoms with Crippen molar-refractivity contribution in [3.05, 3.63) is 0 Å². The monoisotopic (exact) mass is 563 g/mol. The van der Waals surface area contributed by atoms with E-state index in [1.807, 2.05) is 0 Å². The molecule has 0 heterocycles. The Morgan fingerprint density at radius 2 is 0.500 bits per heavy atom. The first-order chi connectivity index (χ1) is 19.6. The van der Waals surface area contributed by atoms with Gasteiger partial charge in [0.15, 0.2) is 0 Å². The maximum Gasteiger partial charge on any atom is -0.0440 e. The highest BCUT2D eigenvalue weighted by Gasteiger charge is 2.09. The van der Waals surface area contributed by atoms with Crippen molar-refractivity contribution < 1.29 is 0 Å². The predicted molar refractivity (Wildman–Crippen MR) is 187 cm³/mol. The van der Waals surface area contributed by atoms with Crippen molar-refractivity contribution >= 4 is 0 Å². The van der Waals surface area contributed by atoms with E-state index in [9.17, 15) is 0 Å². The summed E-state index contributed by atoms with van der Waals surface area (Å²) in [6.45, 7) is 12.1. The van der Waals surface area contributed by atoms with Crippen LogP contribution in [0.4, 0.5) is 0 Å². The average molecular weight is 563 g/mol.